The van der Waals surface area contributed by atoms with E-state index in [1.54, 1.807) is 6.07 Å². The number of nitrogens with two attached hydrogens (primary N) is 1. The van der Waals surface area contributed by atoms with Crippen molar-refractivity contribution in [3.8, 4) is 0 Å². The normalized spacial score (nSPS) is 29.4. The Bertz CT molecular complexity index is 683. The number of hydrogen-bond acceptors (Lipinski definition) is 4. The zero-order chi connectivity index (χ0) is 18.0. The maximum Gasteiger partial charge on any atom is 0.494 e. The van der Waals surface area contributed by atoms with Crippen molar-refractivity contribution in [2.75, 3.05) is 5.73 Å². The molecule has 0 spiro atoms. The monoisotopic (exact) mass is 342 g/mol. The molecule has 3 saturated heterocycles. The van der Waals surface area contributed by atoms with Crippen molar-refractivity contribution < 1.29 is 14.1 Å². The minimum Gasteiger partial charge on any atom is -0.399 e. The van der Waals surface area contributed by atoms with E-state index in [0.29, 0.717) is 23.3 Å². The van der Waals surface area contributed by atoms with E-state index >= 15 is 0 Å². The maximum absolute atomic E-state index is 13.1. The minimum atomic E-state index is -0.479. The predicted molar refractivity (Wildman–Crippen MR) is 98.8 cm³/mol. The quantitative estimate of drug-likeness (QED) is 0.662. The van der Waals surface area contributed by atoms with Crippen molar-refractivity contribution in [1.29, 1.82) is 0 Å². The van der Waals surface area contributed by atoms with Crippen LogP contribution in [0.3, 0.4) is 0 Å². The fourth-order valence-corrected chi connectivity index (χ4v) is 4.27. The second-order valence-electron chi connectivity index (χ2n) is 8.61. The van der Waals surface area contributed by atoms with Gasteiger partial charge in [-0.3, -0.25) is 4.79 Å². The third kappa shape index (κ3) is 2.58. The second-order valence-corrected chi connectivity index (χ2v) is 8.61. The van der Waals surface area contributed by atoms with Gasteiger partial charge in [-0.1, -0.05) is 6.07 Å². The molecule has 0 aliphatic carbocycles. The molecule has 1 aromatic rings. The van der Waals surface area contributed by atoms with Gasteiger partial charge in [0.1, 0.15) is 0 Å². The van der Waals surface area contributed by atoms with E-state index in [-0.39, 0.29) is 5.91 Å². The smallest absolute Gasteiger partial charge is 0.399 e. The summed E-state index contributed by atoms with van der Waals surface area (Å²) in [4.78, 5) is 15.2. The molecule has 0 atom stereocenters. The van der Waals surface area contributed by atoms with E-state index in [1.807, 2.05) is 39.8 Å². The molecule has 1 aromatic carbocycles. The summed E-state index contributed by atoms with van der Waals surface area (Å²) in [5, 5.41) is 0. The van der Waals surface area contributed by atoms with E-state index in [2.05, 4.69) is 4.90 Å². The number of amides is 1. The Kier molecular flexibility index (Phi) is 3.71. The summed E-state index contributed by atoms with van der Waals surface area (Å²) in [5.74, 6) is 0.0564. The molecular weight excluding hydrogens is 315 g/mol. The molecule has 3 heterocycles. The molecule has 0 saturated carbocycles. The fourth-order valence-electron chi connectivity index (χ4n) is 4.27. The van der Waals surface area contributed by atoms with Crippen LogP contribution in [0.4, 0.5) is 5.69 Å². The predicted octanol–water partition coefficient (Wildman–Crippen LogP) is 2.33. The highest BCUT2D eigenvalue weighted by molar-refractivity contribution is 6.62. The molecular formula is C19H27BN2O3. The van der Waals surface area contributed by atoms with Crippen LogP contribution in [0.15, 0.2) is 18.2 Å². The Morgan fingerprint density at radius 1 is 1.08 bits per heavy atom. The number of carbonyl (C=O) groups excluding carboxylic acids is 1. The summed E-state index contributed by atoms with van der Waals surface area (Å²) >= 11 is 0. The van der Waals surface area contributed by atoms with Crippen molar-refractivity contribution >= 4 is 24.2 Å². The number of rotatable bonds is 2. The first-order chi connectivity index (χ1) is 11.7. The Morgan fingerprint density at radius 3 is 2.12 bits per heavy atom. The molecule has 134 valence electrons. The van der Waals surface area contributed by atoms with Crippen molar-refractivity contribution in [3.63, 3.8) is 0 Å². The molecule has 0 radical (unpaired) electrons. The molecule has 1 amide bonds. The first kappa shape index (κ1) is 16.9. The number of benzene rings is 1. The maximum atomic E-state index is 13.1. The van der Waals surface area contributed by atoms with Crippen LogP contribution in [0.25, 0.3) is 0 Å². The van der Waals surface area contributed by atoms with Crippen molar-refractivity contribution in [3.05, 3.63) is 23.8 Å². The fraction of sp³-hybridized carbons (Fsp3) is 0.632. The van der Waals surface area contributed by atoms with Crippen molar-refractivity contribution in [2.45, 2.75) is 76.7 Å². The summed E-state index contributed by atoms with van der Waals surface area (Å²) < 4.78 is 12.2. The summed E-state index contributed by atoms with van der Waals surface area (Å²) in [5.41, 5.74) is 7.28. The largest absolute Gasteiger partial charge is 0.494 e. The highest BCUT2D eigenvalue weighted by atomic mass is 16.7. The first-order valence-electron chi connectivity index (χ1n) is 9.27. The van der Waals surface area contributed by atoms with Crippen LogP contribution in [0.2, 0.25) is 0 Å². The lowest BCUT2D eigenvalue weighted by Gasteiger charge is -2.32. The Balaban J connectivity index is 1.63. The van der Waals surface area contributed by atoms with Gasteiger partial charge in [0.25, 0.3) is 5.91 Å². The molecule has 0 unspecified atom stereocenters. The highest BCUT2D eigenvalue weighted by Gasteiger charge is 2.52. The van der Waals surface area contributed by atoms with Gasteiger partial charge in [-0.25, -0.2) is 0 Å². The Hall–Kier alpha value is -1.53. The molecule has 2 bridgehead atoms. The first-order valence-corrected chi connectivity index (χ1v) is 9.27. The summed E-state index contributed by atoms with van der Waals surface area (Å²) in [6, 6.07) is 6.32. The standard InChI is InChI=1S/C19H27BN2O3/c1-18(2)19(3,4)25-20(24-18)12-5-10-16(21)15(11-12)17(23)22-13-6-7-14(22)9-8-13/h5,10-11,13-14H,6-9,21H2,1-4H3. The van der Waals surface area contributed by atoms with Gasteiger partial charge in [-0.2, -0.15) is 0 Å². The summed E-state index contributed by atoms with van der Waals surface area (Å²) in [6.07, 6.45) is 4.47. The van der Waals surface area contributed by atoms with Crippen molar-refractivity contribution in [1.82, 2.24) is 4.90 Å². The number of carbonyl (C=O) groups is 1. The van der Waals surface area contributed by atoms with Gasteiger partial charge in [0.15, 0.2) is 0 Å². The number of nitrogens with zero attached hydrogens (tertiary/aromatic N) is 1. The average Bonchev–Trinajstić information content (AvgIpc) is 3.19. The van der Waals surface area contributed by atoms with E-state index in [0.717, 1.165) is 31.1 Å². The van der Waals surface area contributed by atoms with E-state index in [4.69, 9.17) is 15.0 Å². The molecule has 3 aliphatic rings. The molecule has 3 aliphatic heterocycles. The topological polar surface area (TPSA) is 64.8 Å². The van der Waals surface area contributed by atoms with Crippen LogP contribution in [0.5, 0.6) is 0 Å². The molecule has 3 fully saturated rings. The summed E-state index contributed by atoms with van der Waals surface area (Å²) in [6.45, 7) is 8.10. The van der Waals surface area contributed by atoms with Crippen molar-refractivity contribution in [2.24, 2.45) is 0 Å². The lowest BCUT2D eigenvalue weighted by Crippen LogP contribution is -2.41. The van der Waals surface area contributed by atoms with Crippen LogP contribution >= 0.6 is 0 Å². The average molecular weight is 342 g/mol. The molecule has 4 rings (SSSR count). The van der Waals surface area contributed by atoms with Gasteiger partial charge >= 0.3 is 7.12 Å². The van der Waals surface area contributed by atoms with Gasteiger partial charge in [0.05, 0.1) is 16.8 Å². The van der Waals surface area contributed by atoms with Crippen LogP contribution in [-0.4, -0.2) is 41.2 Å². The van der Waals surface area contributed by atoms with Crippen LogP contribution in [0, 0.1) is 0 Å². The van der Waals surface area contributed by atoms with E-state index in [1.165, 1.54) is 0 Å². The van der Waals surface area contributed by atoms with Gasteiger partial charge in [-0.05, 0) is 71.0 Å². The lowest BCUT2D eigenvalue weighted by atomic mass is 9.78. The van der Waals surface area contributed by atoms with Gasteiger partial charge in [0.2, 0.25) is 0 Å². The Labute approximate surface area is 150 Å². The van der Waals surface area contributed by atoms with Gasteiger partial charge in [-0.15, -0.1) is 0 Å². The molecule has 0 aromatic heterocycles. The highest BCUT2D eigenvalue weighted by Crippen LogP contribution is 2.39. The molecule has 2 N–H and O–H groups in total. The van der Waals surface area contributed by atoms with Gasteiger partial charge in [0, 0.05) is 17.8 Å². The van der Waals surface area contributed by atoms with E-state index < -0.39 is 18.3 Å². The number of nitrogen functional groups attached to an aromatic ring is 1. The third-order valence-electron chi connectivity index (χ3n) is 6.52. The zero-order valence-electron chi connectivity index (χ0n) is 15.5. The third-order valence-corrected chi connectivity index (χ3v) is 6.52. The summed E-state index contributed by atoms with van der Waals surface area (Å²) in [7, 11) is -0.479. The van der Waals surface area contributed by atoms with Crippen LogP contribution < -0.4 is 11.2 Å². The second kappa shape index (κ2) is 5.48. The lowest BCUT2D eigenvalue weighted by molar-refractivity contribution is 0.00578. The Morgan fingerprint density at radius 2 is 1.60 bits per heavy atom. The molecule has 5 nitrogen and oxygen atoms in total. The number of hydrogen-bond donors (Lipinski definition) is 1. The van der Waals surface area contributed by atoms with Gasteiger partial charge < -0.3 is 19.9 Å². The molecule has 25 heavy (non-hydrogen) atoms. The number of anilines is 1. The minimum absolute atomic E-state index is 0.0564. The zero-order valence-corrected chi connectivity index (χ0v) is 15.5. The molecule has 6 heteroatoms. The SMILES string of the molecule is CC1(C)OB(c2ccc(N)c(C(=O)N3C4CCC3CC4)c2)OC1(C)C. The van der Waals surface area contributed by atoms with Crippen LogP contribution in [0.1, 0.15) is 63.7 Å². The van der Waals surface area contributed by atoms with Crippen LogP contribution in [-0.2, 0) is 9.31 Å². The van der Waals surface area contributed by atoms with E-state index in [9.17, 15) is 4.79 Å². The number of fused-ring (bicyclic) bond motifs is 2.